The molecule has 1 aromatic rings. The Morgan fingerprint density at radius 3 is 2.32 bits per heavy atom. The maximum atomic E-state index is 5.86. The van der Waals surface area contributed by atoms with Crippen molar-refractivity contribution in [3.63, 3.8) is 0 Å². The number of aryl methyl sites for hydroxylation is 3. The van der Waals surface area contributed by atoms with Crippen molar-refractivity contribution in [2.45, 2.75) is 47.5 Å². The third-order valence-corrected chi connectivity index (χ3v) is 4.21. The molecule has 0 saturated heterocycles. The second-order valence-electron chi connectivity index (χ2n) is 5.90. The Labute approximate surface area is 122 Å². The van der Waals surface area contributed by atoms with Crippen LogP contribution >= 0.6 is 12.2 Å². The van der Waals surface area contributed by atoms with Crippen LogP contribution in [-0.2, 0) is 0 Å². The van der Waals surface area contributed by atoms with Gasteiger partial charge in [-0.15, -0.1) is 0 Å². The first-order chi connectivity index (χ1) is 8.74. The molecule has 19 heavy (non-hydrogen) atoms. The fourth-order valence-electron chi connectivity index (χ4n) is 1.91. The first-order valence-corrected chi connectivity index (χ1v) is 7.15. The monoisotopic (exact) mass is 279 g/mol. The smallest absolute Gasteiger partial charge is 0.122 e. The summed E-state index contributed by atoms with van der Waals surface area (Å²) in [6, 6.07) is 4.28. The number of rotatable bonds is 6. The second-order valence-corrected chi connectivity index (χ2v) is 6.34. The predicted molar refractivity (Wildman–Crippen MR) is 85.9 cm³/mol. The Hall–Kier alpha value is -1.09. The highest BCUT2D eigenvalue weighted by Gasteiger charge is 2.20. The van der Waals surface area contributed by atoms with Crippen LogP contribution in [0.2, 0.25) is 0 Å². The van der Waals surface area contributed by atoms with Crippen LogP contribution in [0.4, 0.5) is 0 Å². The van der Waals surface area contributed by atoms with E-state index in [1.165, 1.54) is 16.7 Å². The molecule has 2 N–H and O–H groups in total. The number of ether oxygens (including phenoxy) is 1. The van der Waals surface area contributed by atoms with E-state index >= 15 is 0 Å². The summed E-state index contributed by atoms with van der Waals surface area (Å²) >= 11 is 5.06. The summed E-state index contributed by atoms with van der Waals surface area (Å²) in [5, 5.41) is 0. The van der Waals surface area contributed by atoms with Crippen LogP contribution in [0.25, 0.3) is 0 Å². The minimum absolute atomic E-state index is 0.0864. The molecule has 2 nitrogen and oxygen atoms in total. The van der Waals surface area contributed by atoms with Gasteiger partial charge < -0.3 is 10.5 Å². The average molecular weight is 279 g/mol. The number of hydrogen-bond donors (Lipinski definition) is 1. The molecule has 1 rings (SSSR count). The van der Waals surface area contributed by atoms with E-state index in [2.05, 4.69) is 46.8 Å². The second kappa shape index (κ2) is 6.38. The summed E-state index contributed by atoms with van der Waals surface area (Å²) < 4.78 is 5.86. The summed E-state index contributed by atoms with van der Waals surface area (Å²) in [5.41, 5.74) is 9.39. The van der Waals surface area contributed by atoms with Crippen molar-refractivity contribution in [2.24, 2.45) is 11.1 Å². The Morgan fingerprint density at radius 1 is 1.16 bits per heavy atom. The van der Waals surface area contributed by atoms with Gasteiger partial charge >= 0.3 is 0 Å². The summed E-state index contributed by atoms with van der Waals surface area (Å²) in [7, 11) is 0. The Bertz CT molecular complexity index is 466. The number of thiocarbonyl (C=S) groups is 1. The van der Waals surface area contributed by atoms with Crippen LogP contribution < -0.4 is 10.5 Å². The van der Waals surface area contributed by atoms with Gasteiger partial charge in [-0.3, -0.25) is 0 Å². The van der Waals surface area contributed by atoms with Gasteiger partial charge in [0.25, 0.3) is 0 Å². The van der Waals surface area contributed by atoms with Crippen molar-refractivity contribution in [1.82, 2.24) is 0 Å². The van der Waals surface area contributed by atoms with Crippen molar-refractivity contribution < 1.29 is 4.74 Å². The van der Waals surface area contributed by atoms with Gasteiger partial charge in [0.05, 0.1) is 11.6 Å². The van der Waals surface area contributed by atoms with Crippen molar-refractivity contribution in [2.75, 3.05) is 6.61 Å². The van der Waals surface area contributed by atoms with Crippen LogP contribution in [0.5, 0.6) is 5.75 Å². The standard InChI is InChI=1S/C16H25NOS/c1-11-9-13(3)14(10-12(11)2)18-8-6-7-16(4,5)15(17)19/h9-10H,6-8H2,1-5H3,(H2,17,19). The van der Waals surface area contributed by atoms with Gasteiger partial charge in [0.1, 0.15) is 5.75 Å². The van der Waals surface area contributed by atoms with Crippen LogP contribution in [0.3, 0.4) is 0 Å². The highest BCUT2D eigenvalue weighted by Crippen LogP contribution is 2.25. The summed E-state index contributed by atoms with van der Waals surface area (Å²) in [5.74, 6) is 0.983. The molecule has 0 bridgehead atoms. The van der Waals surface area contributed by atoms with E-state index in [0.717, 1.165) is 18.6 Å². The minimum atomic E-state index is -0.0864. The van der Waals surface area contributed by atoms with Gasteiger partial charge in [-0.05, 0) is 56.4 Å². The molecule has 0 unspecified atom stereocenters. The van der Waals surface area contributed by atoms with Gasteiger partial charge in [-0.2, -0.15) is 0 Å². The van der Waals surface area contributed by atoms with Gasteiger partial charge in [-0.25, -0.2) is 0 Å². The highest BCUT2D eigenvalue weighted by atomic mass is 32.1. The lowest BCUT2D eigenvalue weighted by Gasteiger charge is -2.23. The Balaban J connectivity index is 2.51. The normalized spacial score (nSPS) is 11.4. The Kier molecular flexibility index (Phi) is 5.36. The first-order valence-electron chi connectivity index (χ1n) is 6.74. The van der Waals surface area contributed by atoms with Crippen molar-refractivity contribution >= 4 is 17.2 Å². The van der Waals surface area contributed by atoms with Gasteiger partial charge in [-0.1, -0.05) is 32.1 Å². The van der Waals surface area contributed by atoms with Crippen molar-refractivity contribution in [3.8, 4) is 5.75 Å². The zero-order valence-corrected chi connectivity index (χ0v) is 13.5. The third kappa shape index (κ3) is 4.50. The lowest BCUT2D eigenvalue weighted by atomic mass is 9.88. The summed E-state index contributed by atoms with van der Waals surface area (Å²) in [4.78, 5) is 0.579. The van der Waals surface area contributed by atoms with Crippen molar-refractivity contribution in [3.05, 3.63) is 28.8 Å². The minimum Gasteiger partial charge on any atom is -0.493 e. The van der Waals surface area contributed by atoms with Gasteiger partial charge in [0, 0.05) is 5.41 Å². The zero-order valence-electron chi connectivity index (χ0n) is 12.7. The maximum absolute atomic E-state index is 5.86. The third-order valence-electron chi connectivity index (χ3n) is 3.66. The van der Waals surface area contributed by atoms with E-state index in [9.17, 15) is 0 Å². The summed E-state index contributed by atoms with van der Waals surface area (Å²) in [6.45, 7) is 11.2. The summed E-state index contributed by atoms with van der Waals surface area (Å²) in [6.07, 6.45) is 1.91. The molecular formula is C16H25NOS. The van der Waals surface area contributed by atoms with E-state index in [4.69, 9.17) is 22.7 Å². The Morgan fingerprint density at radius 2 is 1.74 bits per heavy atom. The number of hydrogen-bond acceptors (Lipinski definition) is 2. The lowest BCUT2D eigenvalue weighted by Crippen LogP contribution is -2.30. The van der Waals surface area contributed by atoms with Crippen LogP contribution in [0.1, 0.15) is 43.4 Å². The van der Waals surface area contributed by atoms with E-state index in [-0.39, 0.29) is 5.41 Å². The molecular weight excluding hydrogens is 254 g/mol. The molecule has 0 fully saturated rings. The molecule has 0 atom stereocenters. The van der Waals surface area contributed by atoms with E-state index < -0.39 is 0 Å². The van der Waals surface area contributed by atoms with Gasteiger partial charge in [0.15, 0.2) is 0 Å². The molecule has 0 aromatic heterocycles. The largest absolute Gasteiger partial charge is 0.493 e. The lowest BCUT2D eigenvalue weighted by molar-refractivity contribution is 0.286. The molecule has 0 aliphatic carbocycles. The van der Waals surface area contributed by atoms with E-state index in [0.29, 0.717) is 11.6 Å². The molecule has 0 saturated carbocycles. The molecule has 106 valence electrons. The van der Waals surface area contributed by atoms with Crippen molar-refractivity contribution in [1.29, 1.82) is 0 Å². The van der Waals surface area contributed by atoms with Crippen LogP contribution in [-0.4, -0.2) is 11.6 Å². The van der Waals surface area contributed by atoms with E-state index in [1.807, 2.05) is 0 Å². The van der Waals surface area contributed by atoms with E-state index in [1.54, 1.807) is 0 Å². The molecule has 0 spiro atoms. The zero-order chi connectivity index (χ0) is 14.6. The average Bonchev–Trinajstić information content (AvgIpc) is 2.30. The molecule has 0 aliphatic heterocycles. The molecule has 3 heteroatoms. The SMILES string of the molecule is Cc1cc(C)c(OCCCC(C)(C)C(N)=S)cc1C. The first kappa shape index (κ1) is 16.0. The fraction of sp³-hybridized carbons (Fsp3) is 0.562. The highest BCUT2D eigenvalue weighted by molar-refractivity contribution is 7.80. The topological polar surface area (TPSA) is 35.2 Å². The molecule has 1 aromatic carbocycles. The molecule has 0 heterocycles. The predicted octanol–water partition coefficient (Wildman–Crippen LogP) is 4.08. The molecule has 0 aliphatic rings. The molecule has 0 amide bonds. The quantitative estimate of drug-likeness (QED) is 0.629. The maximum Gasteiger partial charge on any atom is 0.122 e. The number of benzene rings is 1. The van der Waals surface area contributed by atoms with Gasteiger partial charge in [0.2, 0.25) is 0 Å². The number of nitrogens with two attached hydrogens (primary N) is 1. The fourth-order valence-corrected chi connectivity index (χ4v) is 2.01. The molecule has 0 radical (unpaired) electrons. The van der Waals surface area contributed by atoms with Crippen LogP contribution in [0.15, 0.2) is 12.1 Å². The van der Waals surface area contributed by atoms with Crippen LogP contribution in [0, 0.1) is 26.2 Å².